The molecular weight excluding hydrogens is 428 g/mol. The van der Waals surface area contributed by atoms with E-state index in [2.05, 4.69) is 40.3 Å². The zero-order chi connectivity index (χ0) is 24.1. The summed E-state index contributed by atoms with van der Waals surface area (Å²) in [6.45, 7) is 4.67. The maximum Gasteiger partial charge on any atom is 0.246 e. The zero-order valence-corrected chi connectivity index (χ0v) is 20.2. The number of pyridine rings is 1. The molecule has 0 aromatic carbocycles. The van der Waals surface area contributed by atoms with E-state index in [-0.39, 0.29) is 34.6 Å². The van der Waals surface area contributed by atoms with Crippen LogP contribution in [-0.4, -0.2) is 40.8 Å². The van der Waals surface area contributed by atoms with Gasteiger partial charge in [-0.1, -0.05) is 25.0 Å². The number of nitrogens with zero attached hydrogens (tertiary/aromatic N) is 5. The SMILES string of the molecule is CN1C(=O)C=C[C@]2(C)C3CC[C@]4(C)[C@@H](C(N=[N+]=[N-])C(=O)Nc5ccncc5)CC[C@H]4C3CC[C@@H]12. The Labute approximate surface area is 200 Å². The number of hydrogen-bond donors (Lipinski definition) is 1. The number of aromatic nitrogens is 1. The average Bonchev–Trinajstić information content (AvgIpc) is 3.17. The largest absolute Gasteiger partial charge is 0.338 e. The standard InChI is InChI=1S/C26H34N6O2/c1-25-12-8-19-17(4-7-21-26(19,2)13-9-22(33)32(21)3)18(25)5-6-20(25)23(30-31-27)24(34)29-16-10-14-28-15-11-16/h9-11,13-15,17-21,23H,4-8,12H2,1-3H3,(H,28,29,34)/t17?,18-,19?,20+,21+,23?,25-,26+/m0/s1. The van der Waals surface area contributed by atoms with Crippen molar-refractivity contribution in [3.05, 3.63) is 47.1 Å². The van der Waals surface area contributed by atoms with Crippen molar-refractivity contribution >= 4 is 17.5 Å². The van der Waals surface area contributed by atoms with Crippen LogP contribution in [0.2, 0.25) is 0 Å². The first kappa shape index (κ1) is 22.9. The first-order valence-electron chi connectivity index (χ1n) is 12.5. The van der Waals surface area contributed by atoms with E-state index in [1.807, 2.05) is 11.9 Å². The van der Waals surface area contributed by atoms with Crippen molar-refractivity contribution in [1.29, 1.82) is 0 Å². The van der Waals surface area contributed by atoms with Crippen molar-refractivity contribution < 1.29 is 9.59 Å². The summed E-state index contributed by atoms with van der Waals surface area (Å²) in [6.07, 6.45) is 13.4. The van der Waals surface area contributed by atoms with Gasteiger partial charge in [0.05, 0.1) is 0 Å². The molecule has 5 rings (SSSR count). The normalized spacial score (nSPS) is 39.3. The number of nitrogens with one attached hydrogen (secondary N) is 1. The maximum absolute atomic E-state index is 13.3. The van der Waals surface area contributed by atoms with E-state index in [1.54, 1.807) is 30.6 Å². The van der Waals surface area contributed by atoms with Crippen LogP contribution < -0.4 is 5.32 Å². The van der Waals surface area contributed by atoms with Gasteiger partial charge < -0.3 is 10.2 Å². The summed E-state index contributed by atoms with van der Waals surface area (Å²) < 4.78 is 0. The van der Waals surface area contributed by atoms with Gasteiger partial charge >= 0.3 is 0 Å². The molecule has 3 aliphatic carbocycles. The van der Waals surface area contributed by atoms with Crippen LogP contribution in [0.5, 0.6) is 0 Å². The van der Waals surface area contributed by atoms with Crippen LogP contribution in [0.25, 0.3) is 10.4 Å². The third-order valence-corrected chi connectivity index (χ3v) is 9.97. The molecule has 2 heterocycles. The molecule has 0 spiro atoms. The lowest BCUT2D eigenvalue weighted by atomic mass is 9.47. The minimum atomic E-state index is -0.727. The molecule has 0 saturated heterocycles. The van der Waals surface area contributed by atoms with Gasteiger partial charge in [0.25, 0.3) is 0 Å². The van der Waals surface area contributed by atoms with Gasteiger partial charge in [-0.3, -0.25) is 14.6 Å². The molecule has 0 bridgehead atoms. The van der Waals surface area contributed by atoms with Crippen molar-refractivity contribution in [2.45, 2.75) is 64.5 Å². The third kappa shape index (κ3) is 3.42. The number of amides is 2. The summed E-state index contributed by atoms with van der Waals surface area (Å²) >= 11 is 0. The van der Waals surface area contributed by atoms with Gasteiger partial charge in [-0.2, -0.15) is 0 Å². The van der Waals surface area contributed by atoms with Gasteiger partial charge in [0.1, 0.15) is 6.04 Å². The second-order valence-corrected chi connectivity index (χ2v) is 11.2. The zero-order valence-electron chi connectivity index (χ0n) is 20.2. The third-order valence-electron chi connectivity index (χ3n) is 9.97. The Balaban J connectivity index is 1.40. The number of rotatable bonds is 4. The Hall–Kier alpha value is -2.86. The van der Waals surface area contributed by atoms with Gasteiger partial charge in [-0.25, -0.2) is 0 Å². The predicted octanol–water partition coefficient (Wildman–Crippen LogP) is 4.95. The molecule has 1 aliphatic heterocycles. The Morgan fingerprint density at radius 3 is 2.71 bits per heavy atom. The molecule has 3 fully saturated rings. The van der Waals surface area contributed by atoms with E-state index < -0.39 is 6.04 Å². The van der Waals surface area contributed by atoms with E-state index in [0.29, 0.717) is 23.4 Å². The lowest BCUT2D eigenvalue weighted by molar-refractivity contribution is -0.139. The molecule has 4 aliphatic rings. The Kier molecular flexibility index (Phi) is 5.67. The molecule has 8 heteroatoms. The lowest BCUT2D eigenvalue weighted by Gasteiger charge is -2.60. The second-order valence-electron chi connectivity index (χ2n) is 11.2. The Morgan fingerprint density at radius 1 is 1.21 bits per heavy atom. The number of azide groups is 1. The fourth-order valence-electron chi connectivity index (χ4n) is 8.32. The molecule has 3 saturated carbocycles. The minimum Gasteiger partial charge on any atom is -0.338 e. The molecule has 1 aromatic rings. The molecular formula is C26H34N6O2. The van der Waals surface area contributed by atoms with Gasteiger partial charge in [0.2, 0.25) is 11.8 Å². The van der Waals surface area contributed by atoms with Crippen LogP contribution >= 0.6 is 0 Å². The summed E-state index contributed by atoms with van der Waals surface area (Å²) in [5.41, 5.74) is 9.93. The average molecular weight is 463 g/mol. The summed E-state index contributed by atoms with van der Waals surface area (Å²) in [5.74, 6) is 1.48. The number of likely N-dealkylation sites (N-methyl/N-ethyl adjacent to an activating group) is 1. The maximum atomic E-state index is 13.3. The van der Waals surface area contributed by atoms with Crippen molar-refractivity contribution in [3.63, 3.8) is 0 Å². The molecule has 8 atom stereocenters. The molecule has 180 valence electrons. The van der Waals surface area contributed by atoms with Crippen LogP contribution in [-0.2, 0) is 9.59 Å². The molecule has 1 aromatic heterocycles. The van der Waals surface area contributed by atoms with E-state index in [0.717, 1.165) is 38.5 Å². The highest BCUT2D eigenvalue weighted by Crippen LogP contribution is 2.66. The van der Waals surface area contributed by atoms with Crippen molar-refractivity contribution in [3.8, 4) is 0 Å². The summed E-state index contributed by atoms with van der Waals surface area (Å²) in [5, 5.41) is 6.97. The highest BCUT2D eigenvalue weighted by Gasteiger charge is 2.61. The van der Waals surface area contributed by atoms with Crippen LogP contribution in [0, 0.1) is 34.5 Å². The van der Waals surface area contributed by atoms with Crippen molar-refractivity contribution in [2.75, 3.05) is 12.4 Å². The molecule has 0 radical (unpaired) electrons. The van der Waals surface area contributed by atoms with Crippen LogP contribution in [0.15, 0.2) is 41.8 Å². The van der Waals surface area contributed by atoms with E-state index in [9.17, 15) is 15.1 Å². The van der Waals surface area contributed by atoms with E-state index in [4.69, 9.17) is 0 Å². The summed E-state index contributed by atoms with van der Waals surface area (Å²) in [6, 6.07) is 3.02. The molecule has 8 nitrogen and oxygen atoms in total. The lowest BCUT2D eigenvalue weighted by Crippen LogP contribution is -2.60. The van der Waals surface area contributed by atoms with Crippen molar-refractivity contribution in [1.82, 2.24) is 9.88 Å². The quantitative estimate of drug-likeness (QED) is 0.388. The van der Waals surface area contributed by atoms with Gasteiger partial charge in [0.15, 0.2) is 0 Å². The van der Waals surface area contributed by atoms with E-state index in [1.165, 1.54) is 0 Å². The Bertz CT molecular complexity index is 1050. The number of carbonyl (C=O) groups excluding carboxylic acids is 2. The fraction of sp³-hybridized carbons (Fsp3) is 0.654. The second kappa shape index (κ2) is 8.42. The molecule has 1 N–H and O–H groups in total. The summed E-state index contributed by atoms with van der Waals surface area (Å²) in [7, 11) is 1.94. The summed E-state index contributed by atoms with van der Waals surface area (Å²) in [4.78, 5) is 34.6. The highest BCUT2D eigenvalue weighted by atomic mass is 16.2. The smallest absolute Gasteiger partial charge is 0.246 e. The predicted molar refractivity (Wildman–Crippen MR) is 129 cm³/mol. The highest BCUT2D eigenvalue weighted by molar-refractivity contribution is 5.95. The monoisotopic (exact) mass is 462 g/mol. The van der Waals surface area contributed by atoms with E-state index >= 15 is 0 Å². The number of anilines is 1. The first-order valence-corrected chi connectivity index (χ1v) is 12.5. The first-order chi connectivity index (χ1) is 16.3. The van der Waals surface area contributed by atoms with Gasteiger partial charge in [-0.05, 0) is 91.4 Å². The van der Waals surface area contributed by atoms with Crippen molar-refractivity contribution in [2.24, 2.45) is 39.6 Å². The Morgan fingerprint density at radius 2 is 1.97 bits per heavy atom. The minimum absolute atomic E-state index is 0.00603. The number of hydrogen-bond acceptors (Lipinski definition) is 4. The van der Waals surface area contributed by atoms with Gasteiger partial charge in [0, 0.05) is 41.5 Å². The fourth-order valence-corrected chi connectivity index (χ4v) is 8.32. The molecule has 2 amide bonds. The van der Waals surface area contributed by atoms with Crippen LogP contribution in [0.4, 0.5) is 5.69 Å². The van der Waals surface area contributed by atoms with Gasteiger partial charge in [-0.15, -0.1) is 0 Å². The topological polar surface area (TPSA) is 111 Å². The number of carbonyl (C=O) groups is 2. The molecule has 3 unspecified atom stereocenters. The molecule has 34 heavy (non-hydrogen) atoms. The van der Waals surface area contributed by atoms with Crippen LogP contribution in [0.1, 0.15) is 52.4 Å². The van der Waals surface area contributed by atoms with Crippen LogP contribution in [0.3, 0.4) is 0 Å². The number of fused-ring (bicyclic) bond motifs is 5.